The largest absolute Gasteiger partial charge is 0.375 e. The summed E-state index contributed by atoms with van der Waals surface area (Å²) in [4.78, 5) is 12.7. The number of rotatable bonds is 7. The van der Waals surface area contributed by atoms with Crippen molar-refractivity contribution >= 4 is 38.4 Å². The number of nitrogens with zero attached hydrogens (tertiary/aromatic N) is 1. The molecule has 29 heavy (non-hydrogen) atoms. The van der Waals surface area contributed by atoms with Crippen LogP contribution in [0.25, 0.3) is 10.9 Å². The summed E-state index contributed by atoms with van der Waals surface area (Å²) in [5, 5.41) is 4.10. The van der Waals surface area contributed by atoms with Crippen LogP contribution in [0.5, 0.6) is 0 Å². The van der Waals surface area contributed by atoms with Crippen LogP contribution in [0.3, 0.4) is 0 Å². The molecule has 0 atom stereocenters. The SMILES string of the molecule is O=C(CCC1CCCCCC1)Nc1cn(CCC2(F)COC2)c2cccc(Br)c12. The van der Waals surface area contributed by atoms with E-state index in [1.54, 1.807) is 0 Å². The molecule has 0 unspecified atom stereocenters. The number of carbonyl (C=O) groups is 1. The second kappa shape index (κ2) is 9.17. The van der Waals surface area contributed by atoms with Crippen LogP contribution in [-0.4, -0.2) is 29.4 Å². The summed E-state index contributed by atoms with van der Waals surface area (Å²) < 4.78 is 22.4. The van der Waals surface area contributed by atoms with Crippen LogP contribution in [-0.2, 0) is 16.1 Å². The third kappa shape index (κ3) is 5.02. The van der Waals surface area contributed by atoms with Crippen molar-refractivity contribution in [1.82, 2.24) is 4.57 Å². The molecule has 4 nitrogen and oxygen atoms in total. The molecular weight excluding hydrogens is 435 g/mol. The standard InChI is InChI=1S/C23H30BrFN2O2/c24-18-8-5-9-20-22(18)19(14-27(20)13-12-23(25)15-29-16-23)26-21(28)11-10-17-6-3-1-2-4-7-17/h5,8-9,14,17H,1-4,6-7,10-13,15-16H2,(H,26,28). The predicted octanol–water partition coefficient (Wildman–Crippen LogP) is 6.22. The molecule has 4 rings (SSSR count). The number of anilines is 1. The number of carbonyl (C=O) groups excluding carboxylic acids is 1. The van der Waals surface area contributed by atoms with Gasteiger partial charge in [-0.15, -0.1) is 0 Å². The molecule has 1 saturated carbocycles. The molecule has 1 aliphatic carbocycles. The zero-order valence-corrected chi connectivity index (χ0v) is 18.5. The highest BCUT2D eigenvalue weighted by Gasteiger charge is 2.38. The van der Waals surface area contributed by atoms with Crippen LogP contribution in [0.2, 0.25) is 0 Å². The van der Waals surface area contributed by atoms with Crippen molar-refractivity contribution in [2.45, 2.75) is 70.0 Å². The van der Waals surface area contributed by atoms with Crippen molar-refractivity contribution in [3.63, 3.8) is 0 Å². The Balaban J connectivity index is 1.43. The van der Waals surface area contributed by atoms with Crippen LogP contribution < -0.4 is 5.32 Å². The van der Waals surface area contributed by atoms with Gasteiger partial charge in [-0.05, 0) is 24.5 Å². The lowest BCUT2D eigenvalue weighted by Crippen LogP contribution is -2.46. The third-order valence-corrected chi connectivity index (χ3v) is 7.07. The lowest BCUT2D eigenvalue weighted by molar-refractivity contribution is -0.134. The Morgan fingerprint density at radius 2 is 2.00 bits per heavy atom. The summed E-state index contributed by atoms with van der Waals surface area (Å²) in [5.41, 5.74) is 0.587. The van der Waals surface area contributed by atoms with Gasteiger partial charge < -0.3 is 14.6 Å². The number of ether oxygens (including phenoxy) is 1. The number of fused-ring (bicyclic) bond motifs is 1. The van der Waals surface area contributed by atoms with E-state index >= 15 is 0 Å². The van der Waals surface area contributed by atoms with Gasteiger partial charge >= 0.3 is 0 Å². The Morgan fingerprint density at radius 1 is 1.24 bits per heavy atom. The Morgan fingerprint density at radius 3 is 2.69 bits per heavy atom. The minimum absolute atomic E-state index is 0.0680. The first-order valence-electron chi connectivity index (χ1n) is 10.9. The molecule has 1 aliphatic heterocycles. The number of hydrogen-bond acceptors (Lipinski definition) is 2. The van der Waals surface area contributed by atoms with Crippen LogP contribution in [0, 0.1) is 5.92 Å². The number of halogens is 2. The van der Waals surface area contributed by atoms with Crippen LogP contribution in [0.15, 0.2) is 28.9 Å². The van der Waals surface area contributed by atoms with Crippen LogP contribution in [0.1, 0.15) is 57.8 Å². The molecule has 1 aromatic heterocycles. The molecular formula is C23H30BrFN2O2. The average molecular weight is 465 g/mol. The number of aryl methyl sites for hydroxylation is 1. The molecule has 1 N–H and O–H groups in total. The zero-order chi connectivity index (χ0) is 20.3. The molecule has 158 valence electrons. The van der Waals surface area contributed by atoms with Crippen LogP contribution >= 0.6 is 15.9 Å². The van der Waals surface area contributed by atoms with E-state index in [9.17, 15) is 9.18 Å². The molecule has 0 spiro atoms. The van der Waals surface area contributed by atoms with E-state index in [1.165, 1.54) is 38.5 Å². The summed E-state index contributed by atoms with van der Waals surface area (Å²) in [6.45, 7) is 0.923. The maximum atomic E-state index is 14.4. The summed E-state index contributed by atoms with van der Waals surface area (Å²) in [6, 6.07) is 5.96. The van der Waals surface area contributed by atoms with Crippen molar-refractivity contribution in [1.29, 1.82) is 0 Å². The second-order valence-corrected chi connectivity index (χ2v) is 9.56. The molecule has 2 aliphatic rings. The fourth-order valence-corrected chi connectivity index (χ4v) is 5.15. The number of nitrogens with one attached hydrogen (secondary N) is 1. The number of hydrogen-bond donors (Lipinski definition) is 1. The normalized spacial score (nSPS) is 19.7. The molecule has 2 aromatic rings. The summed E-state index contributed by atoms with van der Waals surface area (Å²) in [5.74, 6) is 0.750. The average Bonchev–Trinajstić information content (AvgIpc) is 2.85. The minimum atomic E-state index is -1.22. The topological polar surface area (TPSA) is 43.3 Å². The fourth-order valence-electron chi connectivity index (χ4n) is 4.58. The summed E-state index contributed by atoms with van der Waals surface area (Å²) >= 11 is 3.62. The molecule has 2 heterocycles. The lowest BCUT2D eigenvalue weighted by Gasteiger charge is -2.33. The minimum Gasteiger partial charge on any atom is -0.375 e. The molecule has 6 heteroatoms. The molecule has 0 bridgehead atoms. The first-order valence-corrected chi connectivity index (χ1v) is 11.7. The quantitative estimate of drug-likeness (QED) is 0.494. The Bertz CT molecular complexity index is 854. The Hall–Kier alpha value is -1.40. The third-order valence-electron chi connectivity index (χ3n) is 6.41. The molecule has 0 radical (unpaired) electrons. The van der Waals surface area contributed by atoms with Gasteiger partial charge in [0, 0.05) is 35.4 Å². The lowest BCUT2D eigenvalue weighted by atomic mass is 9.95. The summed E-state index contributed by atoms with van der Waals surface area (Å²) in [6.07, 6.45) is 11.7. The first kappa shape index (κ1) is 20.9. The highest BCUT2D eigenvalue weighted by molar-refractivity contribution is 9.10. The predicted molar refractivity (Wildman–Crippen MR) is 118 cm³/mol. The van der Waals surface area contributed by atoms with Gasteiger partial charge in [-0.1, -0.05) is 60.5 Å². The molecule has 2 fully saturated rings. The smallest absolute Gasteiger partial charge is 0.224 e. The number of aromatic nitrogens is 1. The van der Waals surface area contributed by atoms with E-state index < -0.39 is 5.67 Å². The highest BCUT2D eigenvalue weighted by Crippen LogP contribution is 2.35. The van der Waals surface area contributed by atoms with Gasteiger partial charge in [0.15, 0.2) is 5.67 Å². The first-order chi connectivity index (χ1) is 14.0. The number of alkyl halides is 1. The van der Waals surface area contributed by atoms with E-state index in [0.29, 0.717) is 25.3 Å². The van der Waals surface area contributed by atoms with Gasteiger partial charge in [0.25, 0.3) is 0 Å². The maximum Gasteiger partial charge on any atom is 0.224 e. The van der Waals surface area contributed by atoms with E-state index in [1.807, 2.05) is 29.0 Å². The van der Waals surface area contributed by atoms with Crippen molar-refractivity contribution in [3.8, 4) is 0 Å². The number of benzene rings is 1. The monoisotopic (exact) mass is 464 g/mol. The highest BCUT2D eigenvalue weighted by atomic mass is 79.9. The van der Waals surface area contributed by atoms with Crippen molar-refractivity contribution in [2.24, 2.45) is 5.92 Å². The molecule has 1 saturated heterocycles. The van der Waals surface area contributed by atoms with Gasteiger partial charge in [0.1, 0.15) is 0 Å². The van der Waals surface area contributed by atoms with Gasteiger partial charge in [0.2, 0.25) is 5.91 Å². The van der Waals surface area contributed by atoms with Gasteiger partial charge in [0.05, 0.1) is 24.4 Å². The van der Waals surface area contributed by atoms with Crippen molar-refractivity contribution in [2.75, 3.05) is 18.5 Å². The van der Waals surface area contributed by atoms with E-state index in [0.717, 1.165) is 27.5 Å². The van der Waals surface area contributed by atoms with Gasteiger partial charge in [-0.3, -0.25) is 4.79 Å². The Labute approximate surface area is 180 Å². The van der Waals surface area contributed by atoms with Crippen LogP contribution in [0.4, 0.5) is 10.1 Å². The zero-order valence-electron chi connectivity index (χ0n) is 16.9. The molecule has 1 amide bonds. The second-order valence-electron chi connectivity index (χ2n) is 8.71. The fraction of sp³-hybridized carbons (Fsp3) is 0.609. The molecule has 1 aromatic carbocycles. The van der Waals surface area contributed by atoms with E-state index in [4.69, 9.17) is 4.74 Å². The van der Waals surface area contributed by atoms with Crippen molar-refractivity contribution in [3.05, 3.63) is 28.9 Å². The van der Waals surface area contributed by atoms with Crippen molar-refractivity contribution < 1.29 is 13.9 Å². The van der Waals surface area contributed by atoms with E-state index in [-0.39, 0.29) is 19.1 Å². The Kier molecular flexibility index (Phi) is 6.60. The van der Waals surface area contributed by atoms with E-state index in [2.05, 4.69) is 21.2 Å². The summed E-state index contributed by atoms with van der Waals surface area (Å²) in [7, 11) is 0. The van der Waals surface area contributed by atoms with Gasteiger partial charge in [-0.25, -0.2) is 4.39 Å². The number of amides is 1. The van der Waals surface area contributed by atoms with Gasteiger partial charge in [-0.2, -0.15) is 0 Å². The maximum absolute atomic E-state index is 14.4.